The number of halogens is 3. The smallest absolute Gasteiger partial charge is 0.372 e. The van der Waals surface area contributed by atoms with Crippen molar-refractivity contribution >= 4 is 0 Å². The third-order valence-corrected chi connectivity index (χ3v) is 3.33. The number of ether oxygens (including phenoxy) is 1. The number of hydrogen-bond acceptors (Lipinski definition) is 2. The van der Waals surface area contributed by atoms with Crippen LogP contribution in [0.5, 0.6) is 0 Å². The lowest BCUT2D eigenvalue weighted by atomic mass is 9.87. The molecule has 1 fully saturated rings. The summed E-state index contributed by atoms with van der Waals surface area (Å²) in [6, 6.07) is 0. The Hall–Kier alpha value is -0.290. The van der Waals surface area contributed by atoms with Crippen molar-refractivity contribution < 1.29 is 17.9 Å². The number of alkyl halides is 3. The highest BCUT2D eigenvalue weighted by atomic mass is 19.4. The maximum absolute atomic E-state index is 11.8. The summed E-state index contributed by atoms with van der Waals surface area (Å²) in [4.78, 5) is 0. The molecule has 0 aliphatic heterocycles. The monoisotopic (exact) mass is 253 g/mol. The Labute approximate surface area is 101 Å². The number of nitrogens with two attached hydrogens (primary N) is 1. The summed E-state index contributed by atoms with van der Waals surface area (Å²) in [5, 5.41) is 0. The summed E-state index contributed by atoms with van der Waals surface area (Å²) < 4.78 is 40.0. The van der Waals surface area contributed by atoms with Crippen molar-refractivity contribution in [1.29, 1.82) is 0 Å². The first-order valence-corrected chi connectivity index (χ1v) is 6.35. The molecule has 1 rings (SSSR count). The average Bonchev–Trinajstić information content (AvgIpc) is 2.41. The first-order valence-electron chi connectivity index (χ1n) is 6.35. The van der Waals surface area contributed by atoms with E-state index in [1.807, 2.05) is 0 Å². The summed E-state index contributed by atoms with van der Waals surface area (Å²) in [5.41, 5.74) is 6.08. The van der Waals surface area contributed by atoms with E-state index in [4.69, 9.17) is 5.73 Å². The van der Waals surface area contributed by atoms with E-state index < -0.39 is 12.8 Å². The molecule has 17 heavy (non-hydrogen) atoms. The molecule has 1 aliphatic carbocycles. The van der Waals surface area contributed by atoms with Gasteiger partial charge in [0.05, 0.1) is 0 Å². The fourth-order valence-electron chi connectivity index (χ4n) is 2.40. The lowest BCUT2D eigenvalue weighted by Crippen LogP contribution is -2.39. The van der Waals surface area contributed by atoms with Crippen molar-refractivity contribution in [3.05, 3.63) is 0 Å². The summed E-state index contributed by atoms with van der Waals surface area (Å²) in [6.07, 6.45) is 3.88. The van der Waals surface area contributed by atoms with Crippen molar-refractivity contribution in [2.75, 3.05) is 13.2 Å². The van der Waals surface area contributed by atoms with Crippen LogP contribution in [0.4, 0.5) is 13.2 Å². The highest BCUT2D eigenvalue weighted by molar-refractivity contribution is 4.85. The molecule has 0 aromatic heterocycles. The standard InChI is InChI=1S/C12H22F3NO/c13-12(14,15)10-17-9-5-8-11(16)6-3-1-2-4-7-11/h1-10,16H2. The molecule has 0 aromatic carbocycles. The van der Waals surface area contributed by atoms with Crippen LogP contribution in [0.25, 0.3) is 0 Å². The Balaban J connectivity index is 2.12. The summed E-state index contributed by atoms with van der Waals surface area (Å²) in [5.74, 6) is 0. The predicted octanol–water partition coefficient (Wildman–Crippen LogP) is 3.40. The van der Waals surface area contributed by atoms with E-state index in [1.165, 1.54) is 12.8 Å². The van der Waals surface area contributed by atoms with Gasteiger partial charge in [0, 0.05) is 12.1 Å². The van der Waals surface area contributed by atoms with Gasteiger partial charge in [-0.2, -0.15) is 13.2 Å². The molecule has 102 valence electrons. The van der Waals surface area contributed by atoms with Crippen LogP contribution < -0.4 is 5.73 Å². The van der Waals surface area contributed by atoms with Crippen LogP contribution in [-0.2, 0) is 4.74 Å². The first-order chi connectivity index (χ1) is 7.91. The molecule has 5 heteroatoms. The molecule has 0 atom stereocenters. The molecule has 1 aliphatic rings. The van der Waals surface area contributed by atoms with E-state index in [1.54, 1.807) is 0 Å². The molecule has 1 saturated carbocycles. The molecule has 2 N–H and O–H groups in total. The average molecular weight is 253 g/mol. The maximum Gasteiger partial charge on any atom is 0.411 e. The van der Waals surface area contributed by atoms with Crippen LogP contribution in [0.3, 0.4) is 0 Å². The van der Waals surface area contributed by atoms with Crippen molar-refractivity contribution in [1.82, 2.24) is 0 Å². The topological polar surface area (TPSA) is 35.2 Å². The van der Waals surface area contributed by atoms with Gasteiger partial charge >= 0.3 is 6.18 Å². The van der Waals surface area contributed by atoms with Gasteiger partial charge in [-0.25, -0.2) is 0 Å². The Morgan fingerprint density at radius 2 is 1.65 bits per heavy atom. The van der Waals surface area contributed by atoms with Gasteiger partial charge in [-0.3, -0.25) is 0 Å². The molecule has 0 amide bonds. The Morgan fingerprint density at radius 3 is 2.18 bits per heavy atom. The lowest BCUT2D eigenvalue weighted by Gasteiger charge is -2.28. The zero-order chi connectivity index (χ0) is 12.8. The molecular weight excluding hydrogens is 231 g/mol. The SMILES string of the molecule is NC1(CCCOCC(F)(F)F)CCCCCC1. The van der Waals surface area contributed by atoms with Gasteiger partial charge in [-0.1, -0.05) is 25.7 Å². The van der Waals surface area contributed by atoms with E-state index in [9.17, 15) is 13.2 Å². The summed E-state index contributed by atoms with van der Waals surface area (Å²) >= 11 is 0. The fraction of sp³-hybridized carbons (Fsp3) is 1.00. The minimum Gasteiger partial charge on any atom is -0.372 e. The van der Waals surface area contributed by atoms with Crippen molar-refractivity contribution in [2.24, 2.45) is 5.73 Å². The fourth-order valence-corrected chi connectivity index (χ4v) is 2.40. The van der Waals surface area contributed by atoms with Gasteiger partial charge in [0.1, 0.15) is 6.61 Å². The third kappa shape index (κ3) is 6.88. The van der Waals surface area contributed by atoms with E-state index >= 15 is 0 Å². The van der Waals surface area contributed by atoms with E-state index in [0.717, 1.165) is 32.1 Å². The normalized spacial score (nSPS) is 21.2. The van der Waals surface area contributed by atoms with Crippen LogP contribution in [0, 0.1) is 0 Å². The van der Waals surface area contributed by atoms with Crippen LogP contribution >= 0.6 is 0 Å². The second-order valence-corrected chi connectivity index (χ2v) is 5.05. The van der Waals surface area contributed by atoms with Gasteiger partial charge in [-0.15, -0.1) is 0 Å². The largest absolute Gasteiger partial charge is 0.411 e. The minimum atomic E-state index is -4.22. The molecular formula is C12H22F3NO. The Kier molecular flexibility index (Phi) is 5.73. The molecule has 0 spiro atoms. The van der Waals surface area contributed by atoms with Gasteiger partial charge in [-0.05, 0) is 25.7 Å². The van der Waals surface area contributed by atoms with Crippen LogP contribution in [0.1, 0.15) is 51.4 Å². The molecule has 0 heterocycles. The Morgan fingerprint density at radius 1 is 1.06 bits per heavy atom. The molecule has 0 bridgehead atoms. The minimum absolute atomic E-state index is 0.151. The molecule has 2 nitrogen and oxygen atoms in total. The lowest BCUT2D eigenvalue weighted by molar-refractivity contribution is -0.174. The van der Waals surface area contributed by atoms with Crippen molar-refractivity contribution in [2.45, 2.75) is 63.1 Å². The Bertz CT molecular complexity index is 210. The second kappa shape index (κ2) is 6.59. The zero-order valence-electron chi connectivity index (χ0n) is 10.2. The molecule has 0 radical (unpaired) electrons. The third-order valence-electron chi connectivity index (χ3n) is 3.33. The summed E-state index contributed by atoms with van der Waals surface area (Å²) in [6.45, 7) is -0.997. The van der Waals surface area contributed by atoms with Gasteiger partial charge in [0.15, 0.2) is 0 Å². The van der Waals surface area contributed by atoms with Crippen molar-refractivity contribution in [3.8, 4) is 0 Å². The maximum atomic E-state index is 11.8. The van der Waals surface area contributed by atoms with Gasteiger partial charge in [0.25, 0.3) is 0 Å². The van der Waals surface area contributed by atoms with E-state index in [-0.39, 0.29) is 12.1 Å². The number of rotatable bonds is 5. The number of hydrogen-bond donors (Lipinski definition) is 1. The quantitative estimate of drug-likeness (QED) is 0.602. The van der Waals surface area contributed by atoms with Crippen LogP contribution in [0.2, 0.25) is 0 Å². The predicted molar refractivity (Wildman–Crippen MR) is 60.7 cm³/mol. The summed E-state index contributed by atoms with van der Waals surface area (Å²) in [7, 11) is 0. The van der Waals surface area contributed by atoms with Crippen molar-refractivity contribution in [3.63, 3.8) is 0 Å². The molecule has 0 aromatic rings. The highest BCUT2D eigenvalue weighted by Gasteiger charge is 2.28. The van der Waals surface area contributed by atoms with E-state index in [2.05, 4.69) is 4.74 Å². The molecule has 0 saturated heterocycles. The van der Waals surface area contributed by atoms with Gasteiger partial charge < -0.3 is 10.5 Å². The zero-order valence-corrected chi connectivity index (χ0v) is 10.2. The van der Waals surface area contributed by atoms with E-state index in [0.29, 0.717) is 6.42 Å². The van der Waals surface area contributed by atoms with Crippen LogP contribution in [0.15, 0.2) is 0 Å². The second-order valence-electron chi connectivity index (χ2n) is 5.05. The highest BCUT2D eigenvalue weighted by Crippen LogP contribution is 2.28. The van der Waals surface area contributed by atoms with Crippen LogP contribution in [-0.4, -0.2) is 24.9 Å². The first kappa shape index (κ1) is 14.8. The van der Waals surface area contributed by atoms with Gasteiger partial charge in [0.2, 0.25) is 0 Å². The molecule has 0 unspecified atom stereocenters.